The molecule has 1 aliphatic rings. The second-order valence-corrected chi connectivity index (χ2v) is 7.84. The summed E-state index contributed by atoms with van der Waals surface area (Å²) in [5.41, 5.74) is 0.770. The number of methoxy groups -OCH3 is 1. The van der Waals surface area contributed by atoms with Gasteiger partial charge in [0.15, 0.2) is 0 Å². The lowest BCUT2D eigenvalue weighted by atomic mass is 9.94. The van der Waals surface area contributed by atoms with Gasteiger partial charge in [-0.3, -0.25) is 0 Å². The van der Waals surface area contributed by atoms with Crippen LogP contribution in [-0.4, -0.2) is 43.9 Å². The predicted octanol–water partition coefficient (Wildman–Crippen LogP) is 1.88. The van der Waals surface area contributed by atoms with Crippen LogP contribution in [0.5, 0.6) is 11.8 Å². The molecule has 1 aliphatic carbocycles. The molecule has 0 aliphatic heterocycles. The van der Waals surface area contributed by atoms with Crippen molar-refractivity contribution in [3.8, 4) is 11.8 Å². The van der Waals surface area contributed by atoms with Gasteiger partial charge in [0.05, 0.1) is 18.9 Å². The van der Waals surface area contributed by atoms with Gasteiger partial charge < -0.3 is 9.47 Å². The van der Waals surface area contributed by atoms with Crippen molar-refractivity contribution in [2.45, 2.75) is 37.8 Å². The quantitative estimate of drug-likeness (QED) is 0.884. The summed E-state index contributed by atoms with van der Waals surface area (Å²) in [5.74, 6) is 0.736. The summed E-state index contributed by atoms with van der Waals surface area (Å²) in [4.78, 5) is 8.68. The molecule has 7 nitrogen and oxygen atoms in total. The highest BCUT2D eigenvalue weighted by molar-refractivity contribution is 7.88. The highest BCUT2D eigenvalue weighted by Crippen LogP contribution is 2.24. The Hall–Kier alpha value is -1.93. The number of nitrogens with one attached hydrogen (secondary N) is 1. The Kier molecular flexibility index (Phi) is 4.86. The maximum absolute atomic E-state index is 11.3. The molecule has 24 heavy (non-hydrogen) atoms. The molecule has 0 unspecified atom stereocenters. The summed E-state index contributed by atoms with van der Waals surface area (Å²) in [6.45, 7) is 0. The molecule has 1 aromatic carbocycles. The number of ether oxygens (including phenoxy) is 2. The number of aromatic nitrogens is 2. The molecular formula is C16H21N3O4S. The van der Waals surface area contributed by atoms with Gasteiger partial charge in [0.2, 0.25) is 10.0 Å². The van der Waals surface area contributed by atoms with Crippen LogP contribution in [-0.2, 0) is 10.0 Å². The third-order valence-electron chi connectivity index (χ3n) is 4.09. The molecule has 0 spiro atoms. The van der Waals surface area contributed by atoms with E-state index in [1.54, 1.807) is 13.3 Å². The van der Waals surface area contributed by atoms with Crippen molar-refractivity contribution in [1.82, 2.24) is 14.7 Å². The first-order valence-electron chi connectivity index (χ1n) is 7.88. The number of hydrogen-bond donors (Lipinski definition) is 1. The zero-order chi connectivity index (χ0) is 17.2. The maximum atomic E-state index is 11.3. The van der Waals surface area contributed by atoms with Gasteiger partial charge in [-0.15, -0.1) is 0 Å². The summed E-state index contributed by atoms with van der Waals surface area (Å²) in [5, 5.41) is 0.921. The largest absolute Gasteiger partial charge is 0.497 e. The molecule has 1 N–H and O–H groups in total. The zero-order valence-electron chi connectivity index (χ0n) is 13.7. The van der Waals surface area contributed by atoms with E-state index >= 15 is 0 Å². The minimum absolute atomic E-state index is 0.00525. The molecule has 130 valence electrons. The second kappa shape index (κ2) is 6.90. The van der Waals surface area contributed by atoms with Gasteiger partial charge in [-0.05, 0) is 37.8 Å². The fourth-order valence-corrected chi connectivity index (χ4v) is 3.76. The van der Waals surface area contributed by atoms with Crippen LogP contribution >= 0.6 is 0 Å². The molecule has 1 heterocycles. The number of nitrogens with zero attached hydrogens (tertiary/aromatic N) is 2. The van der Waals surface area contributed by atoms with E-state index in [0.717, 1.165) is 42.3 Å². The summed E-state index contributed by atoms with van der Waals surface area (Å²) >= 11 is 0. The molecule has 8 heteroatoms. The lowest BCUT2D eigenvalue weighted by Gasteiger charge is -2.28. The van der Waals surface area contributed by atoms with E-state index in [-0.39, 0.29) is 12.1 Å². The van der Waals surface area contributed by atoms with Crippen molar-refractivity contribution in [1.29, 1.82) is 0 Å². The highest BCUT2D eigenvalue weighted by atomic mass is 32.2. The molecule has 3 rings (SSSR count). The van der Waals surface area contributed by atoms with Crippen LogP contribution in [0.25, 0.3) is 10.9 Å². The third-order valence-corrected chi connectivity index (χ3v) is 4.86. The average Bonchev–Trinajstić information content (AvgIpc) is 2.54. The van der Waals surface area contributed by atoms with Crippen LogP contribution in [0.3, 0.4) is 0 Å². The Balaban J connectivity index is 1.63. The number of benzene rings is 1. The van der Waals surface area contributed by atoms with Gasteiger partial charge in [-0.1, -0.05) is 0 Å². The van der Waals surface area contributed by atoms with Gasteiger partial charge in [0.25, 0.3) is 0 Å². The normalized spacial score (nSPS) is 21.6. The smallest absolute Gasteiger partial charge is 0.317 e. The van der Waals surface area contributed by atoms with Crippen LogP contribution in [0, 0.1) is 0 Å². The molecule has 1 aromatic heterocycles. The molecule has 1 saturated carbocycles. The number of hydrogen-bond acceptors (Lipinski definition) is 6. The van der Waals surface area contributed by atoms with E-state index in [0.29, 0.717) is 6.01 Å². The minimum atomic E-state index is -3.16. The van der Waals surface area contributed by atoms with E-state index in [9.17, 15) is 8.42 Å². The fraction of sp³-hybridized carbons (Fsp3) is 0.500. The molecule has 0 bridgehead atoms. The van der Waals surface area contributed by atoms with Crippen LogP contribution in [0.15, 0.2) is 24.4 Å². The highest BCUT2D eigenvalue weighted by Gasteiger charge is 2.25. The lowest BCUT2D eigenvalue weighted by molar-refractivity contribution is 0.133. The second-order valence-electron chi connectivity index (χ2n) is 6.06. The van der Waals surface area contributed by atoms with Gasteiger partial charge in [-0.25, -0.2) is 18.1 Å². The number of fused-ring (bicyclic) bond motifs is 1. The van der Waals surface area contributed by atoms with Crippen LogP contribution in [0.2, 0.25) is 0 Å². The van der Waals surface area contributed by atoms with E-state index in [2.05, 4.69) is 14.7 Å². The van der Waals surface area contributed by atoms with Gasteiger partial charge in [-0.2, -0.15) is 4.98 Å². The fourth-order valence-electron chi connectivity index (χ4n) is 2.92. The molecule has 0 atom stereocenters. The van der Waals surface area contributed by atoms with Crippen molar-refractivity contribution in [2.24, 2.45) is 0 Å². The van der Waals surface area contributed by atoms with E-state index < -0.39 is 10.0 Å². The van der Waals surface area contributed by atoms with E-state index in [1.807, 2.05) is 18.2 Å². The molecule has 0 radical (unpaired) electrons. The monoisotopic (exact) mass is 351 g/mol. The van der Waals surface area contributed by atoms with Crippen molar-refractivity contribution >= 4 is 20.9 Å². The predicted molar refractivity (Wildman–Crippen MR) is 90.7 cm³/mol. The third kappa shape index (κ3) is 4.33. The first kappa shape index (κ1) is 16.9. The van der Waals surface area contributed by atoms with Crippen molar-refractivity contribution in [2.75, 3.05) is 13.4 Å². The summed E-state index contributed by atoms with van der Waals surface area (Å²) in [6.07, 6.45) is 5.96. The standard InChI is InChI=1S/C16H21N3O4S/c1-22-14-6-3-11-10-17-16(18-15(11)9-14)23-13-7-4-12(5-8-13)19-24(2,20)21/h3,6,9-10,12-13,19H,4-5,7-8H2,1-2H3. The molecule has 2 aromatic rings. The maximum Gasteiger partial charge on any atom is 0.317 e. The molecule has 0 saturated heterocycles. The van der Waals surface area contributed by atoms with Crippen LogP contribution < -0.4 is 14.2 Å². The van der Waals surface area contributed by atoms with Crippen LogP contribution in [0.1, 0.15) is 25.7 Å². The van der Waals surface area contributed by atoms with E-state index in [1.165, 1.54) is 6.26 Å². The Labute approximate surface area is 141 Å². The summed E-state index contributed by atoms with van der Waals surface area (Å²) in [6, 6.07) is 5.94. The van der Waals surface area contributed by atoms with E-state index in [4.69, 9.17) is 9.47 Å². The Bertz CT molecular complexity index is 817. The summed E-state index contributed by atoms with van der Waals surface area (Å²) in [7, 11) is -1.54. The van der Waals surface area contributed by atoms with Crippen molar-refractivity contribution in [3.05, 3.63) is 24.4 Å². The van der Waals surface area contributed by atoms with Crippen molar-refractivity contribution in [3.63, 3.8) is 0 Å². The summed E-state index contributed by atoms with van der Waals surface area (Å²) < 4.78 is 36.3. The minimum Gasteiger partial charge on any atom is -0.497 e. The topological polar surface area (TPSA) is 90.4 Å². The SMILES string of the molecule is COc1ccc2cnc(OC3CCC(NS(C)(=O)=O)CC3)nc2c1. The Morgan fingerprint density at radius 2 is 1.96 bits per heavy atom. The Morgan fingerprint density at radius 3 is 2.62 bits per heavy atom. The average molecular weight is 351 g/mol. The molecular weight excluding hydrogens is 330 g/mol. The van der Waals surface area contributed by atoms with Crippen molar-refractivity contribution < 1.29 is 17.9 Å². The van der Waals surface area contributed by atoms with Crippen LogP contribution in [0.4, 0.5) is 0 Å². The first-order chi connectivity index (χ1) is 11.4. The Morgan fingerprint density at radius 1 is 1.21 bits per heavy atom. The number of sulfonamides is 1. The van der Waals surface area contributed by atoms with Gasteiger partial charge in [0.1, 0.15) is 11.9 Å². The zero-order valence-corrected chi connectivity index (χ0v) is 14.5. The van der Waals surface area contributed by atoms with Gasteiger partial charge >= 0.3 is 6.01 Å². The number of rotatable bonds is 5. The lowest BCUT2D eigenvalue weighted by Crippen LogP contribution is -2.39. The first-order valence-corrected chi connectivity index (χ1v) is 9.77. The molecule has 0 amide bonds. The molecule has 1 fully saturated rings. The van der Waals surface area contributed by atoms with Gasteiger partial charge in [0, 0.05) is 23.7 Å².